The first-order valence-corrected chi connectivity index (χ1v) is 16.5. The normalized spacial score (nSPS) is 11.7. The molecule has 0 aliphatic heterocycles. The molecular weight excluding hydrogens is 597 g/mol. The summed E-state index contributed by atoms with van der Waals surface area (Å²) in [4.78, 5) is 9.39. The number of benzene rings is 7. The molecule has 10 rings (SSSR count). The Bertz CT molecular complexity index is 2850. The van der Waals surface area contributed by atoms with E-state index in [1.165, 1.54) is 54.6 Å². The molecule has 0 unspecified atom stereocenters. The highest BCUT2D eigenvalue weighted by molar-refractivity contribution is 6.22. The number of aromatic nitrogens is 2. The lowest BCUT2D eigenvalue weighted by molar-refractivity contribution is 0.669. The summed E-state index contributed by atoms with van der Waals surface area (Å²) in [5.74, 6) is 0. The van der Waals surface area contributed by atoms with Crippen LogP contribution in [0.15, 0.2) is 175 Å². The third-order valence-corrected chi connectivity index (χ3v) is 9.79. The van der Waals surface area contributed by atoms with E-state index in [4.69, 9.17) is 9.40 Å². The van der Waals surface area contributed by atoms with Gasteiger partial charge in [0.05, 0.1) is 5.69 Å². The summed E-state index contributed by atoms with van der Waals surface area (Å²) >= 11 is 0. The Balaban J connectivity index is 1.15. The van der Waals surface area contributed by atoms with Crippen LogP contribution in [-0.2, 0) is 0 Å². The molecule has 3 heterocycles. The molecule has 0 atom stereocenters. The zero-order valence-electron chi connectivity index (χ0n) is 26.5. The van der Waals surface area contributed by atoms with E-state index in [0.29, 0.717) is 0 Å². The molecule has 0 saturated carbocycles. The van der Waals surface area contributed by atoms with Crippen LogP contribution in [-0.4, -0.2) is 9.97 Å². The lowest BCUT2D eigenvalue weighted by Gasteiger charge is -2.18. The molecule has 0 amide bonds. The van der Waals surface area contributed by atoms with Gasteiger partial charge in [-0.2, -0.15) is 0 Å². The molecule has 0 saturated heterocycles. The zero-order chi connectivity index (χ0) is 32.3. The number of furan rings is 1. The molecule has 0 bridgehead atoms. The van der Waals surface area contributed by atoms with Crippen molar-refractivity contribution in [2.75, 3.05) is 0 Å². The van der Waals surface area contributed by atoms with Crippen molar-refractivity contribution >= 4 is 54.3 Å². The van der Waals surface area contributed by atoms with Gasteiger partial charge in [-0.3, -0.25) is 9.97 Å². The van der Waals surface area contributed by atoms with Crippen molar-refractivity contribution in [3.05, 3.63) is 170 Å². The fourth-order valence-corrected chi connectivity index (χ4v) is 7.46. The number of rotatable bonds is 4. The predicted octanol–water partition coefficient (Wildman–Crippen LogP) is 12.5. The Hall–Kier alpha value is -6.58. The number of nitrogens with zero attached hydrogens (tertiary/aromatic N) is 2. The molecule has 0 aliphatic rings. The summed E-state index contributed by atoms with van der Waals surface area (Å²) in [5, 5.41) is 9.40. The van der Waals surface area contributed by atoms with Crippen molar-refractivity contribution in [3.63, 3.8) is 0 Å². The van der Waals surface area contributed by atoms with Crippen LogP contribution in [0.2, 0.25) is 0 Å². The van der Waals surface area contributed by atoms with Crippen molar-refractivity contribution in [1.29, 1.82) is 0 Å². The maximum atomic E-state index is 6.26. The second-order valence-corrected chi connectivity index (χ2v) is 12.6. The van der Waals surface area contributed by atoms with Gasteiger partial charge in [0.1, 0.15) is 11.2 Å². The van der Waals surface area contributed by atoms with Crippen LogP contribution in [0.25, 0.3) is 98.9 Å². The van der Waals surface area contributed by atoms with Gasteiger partial charge in [0.15, 0.2) is 0 Å². The Labute approximate surface area is 282 Å². The third-order valence-electron chi connectivity index (χ3n) is 9.79. The summed E-state index contributed by atoms with van der Waals surface area (Å²) in [7, 11) is 0. The SMILES string of the molecule is c1ccc(-c2ccc3c(-c4ccc(-c5ccc6oc7cc8ccccc8cc7c6c5)nc4)c4ccccc4c(-c4ccncc4)c3c2)cc1. The number of pyridine rings is 2. The van der Waals surface area contributed by atoms with Gasteiger partial charge in [-0.25, -0.2) is 0 Å². The second-order valence-electron chi connectivity index (χ2n) is 12.6. The van der Waals surface area contributed by atoms with E-state index < -0.39 is 0 Å². The van der Waals surface area contributed by atoms with Crippen LogP contribution >= 0.6 is 0 Å². The molecular formula is C46H28N2O. The molecule has 3 aromatic heterocycles. The largest absolute Gasteiger partial charge is 0.456 e. The Morgan fingerprint density at radius 1 is 0.367 bits per heavy atom. The van der Waals surface area contributed by atoms with Gasteiger partial charge in [0.25, 0.3) is 0 Å². The minimum absolute atomic E-state index is 0.882. The first kappa shape index (κ1) is 27.5. The van der Waals surface area contributed by atoms with Crippen LogP contribution in [0.5, 0.6) is 0 Å². The molecule has 0 spiro atoms. The van der Waals surface area contributed by atoms with Crippen molar-refractivity contribution in [3.8, 4) is 44.6 Å². The average molecular weight is 625 g/mol. The van der Waals surface area contributed by atoms with E-state index in [1.807, 2.05) is 18.6 Å². The van der Waals surface area contributed by atoms with Crippen LogP contribution in [0.1, 0.15) is 0 Å². The first-order chi connectivity index (χ1) is 24.3. The van der Waals surface area contributed by atoms with Crippen LogP contribution < -0.4 is 0 Å². The maximum absolute atomic E-state index is 6.26. The molecule has 3 nitrogen and oxygen atoms in total. The van der Waals surface area contributed by atoms with Crippen molar-refractivity contribution in [2.24, 2.45) is 0 Å². The molecule has 7 aromatic carbocycles. The van der Waals surface area contributed by atoms with Gasteiger partial charge >= 0.3 is 0 Å². The number of fused-ring (bicyclic) bond motifs is 6. The Kier molecular flexibility index (Phi) is 6.18. The molecule has 10 aromatic rings. The van der Waals surface area contributed by atoms with Gasteiger partial charge in [-0.1, -0.05) is 97.1 Å². The minimum Gasteiger partial charge on any atom is -0.456 e. The van der Waals surface area contributed by atoms with Gasteiger partial charge < -0.3 is 4.42 Å². The number of hydrogen-bond donors (Lipinski definition) is 0. The first-order valence-electron chi connectivity index (χ1n) is 16.5. The van der Waals surface area contributed by atoms with Crippen molar-refractivity contribution in [1.82, 2.24) is 9.97 Å². The van der Waals surface area contributed by atoms with E-state index in [0.717, 1.165) is 44.3 Å². The fourth-order valence-electron chi connectivity index (χ4n) is 7.46. The Morgan fingerprint density at radius 3 is 1.78 bits per heavy atom. The zero-order valence-corrected chi connectivity index (χ0v) is 26.5. The fraction of sp³-hybridized carbons (Fsp3) is 0. The van der Waals surface area contributed by atoms with Crippen molar-refractivity contribution < 1.29 is 4.42 Å². The Morgan fingerprint density at radius 2 is 1.00 bits per heavy atom. The van der Waals surface area contributed by atoms with Gasteiger partial charge in [0, 0.05) is 40.5 Å². The predicted molar refractivity (Wildman–Crippen MR) is 204 cm³/mol. The van der Waals surface area contributed by atoms with E-state index in [-0.39, 0.29) is 0 Å². The molecule has 228 valence electrons. The molecule has 3 heteroatoms. The van der Waals surface area contributed by atoms with Gasteiger partial charge in [-0.15, -0.1) is 0 Å². The molecule has 0 N–H and O–H groups in total. The quantitative estimate of drug-likeness (QED) is 0.183. The highest BCUT2D eigenvalue weighted by atomic mass is 16.3. The molecule has 0 aliphatic carbocycles. The van der Waals surface area contributed by atoms with E-state index in [9.17, 15) is 0 Å². The standard InChI is InChI=1S/C46H28N2O/c1-2-8-29(9-3-1)33-14-17-38-41(25-33)45(30-20-22-47-23-21-30)36-12-6-7-13-37(36)46(38)35-15-18-42(48-28-35)34-16-19-43-39(26-34)40-24-31-10-4-5-11-32(31)27-44(40)49-43/h1-28H. The minimum atomic E-state index is 0.882. The summed E-state index contributed by atoms with van der Waals surface area (Å²) in [6, 6.07) is 53.9. The lowest BCUT2D eigenvalue weighted by Crippen LogP contribution is -1.93. The van der Waals surface area contributed by atoms with E-state index in [2.05, 4.69) is 157 Å². The molecule has 0 fully saturated rings. The summed E-state index contributed by atoms with van der Waals surface area (Å²) in [6.07, 6.45) is 5.78. The van der Waals surface area contributed by atoms with Crippen LogP contribution in [0.4, 0.5) is 0 Å². The summed E-state index contributed by atoms with van der Waals surface area (Å²) in [5.41, 5.74) is 10.8. The molecule has 49 heavy (non-hydrogen) atoms. The monoisotopic (exact) mass is 624 g/mol. The van der Waals surface area contributed by atoms with Crippen LogP contribution in [0, 0.1) is 0 Å². The van der Waals surface area contributed by atoms with E-state index in [1.54, 1.807) is 0 Å². The van der Waals surface area contributed by atoms with Gasteiger partial charge in [-0.05, 0) is 115 Å². The van der Waals surface area contributed by atoms with Crippen LogP contribution in [0.3, 0.4) is 0 Å². The average Bonchev–Trinajstić information content (AvgIpc) is 3.53. The molecule has 0 radical (unpaired) electrons. The summed E-state index contributed by atoms with van der Waals surface area (Å²) < 4.78 is 6.26. The smallest absolute Gasteiger partial charge is 0.136 e. The maximum Gasteiger partial charge on any atom is 0.136 e. The highest BCUT2D eigenvalue weighted by Gasteiger charge is 2.18. The summed E-state index contributed by atoms with van der Waals surface area (Å²) in [6.45, 7) is 0. The van der Waals surface area contributed by atoms with Gasteiger partial charge in [0.2, 0.25) is 0 Å². The third kappa shape index (κ3) is 4.51. The second kappa shape index (κ2) is 11.0. The van der Waals surface area contributed by atoms with E-state index >= 15 is 0 Å². The number of hydrogen-bond acceptors (Lipinski definition) is 3. The lowest BCUT2D eigenvalue weighted by atomic mass is 9.85. The van der Waals surface area contributed by atoms with Crippen molar-refractivity contribution in [2.45, 2.75) is 0 Å². The highest BCUT2D eigenvalue weighted by Crippen LogP contribution is 2.45. The topological polar surface area (TPSA) is 38.9 Å².